The number of aromatic hydroxyl groups is 1. The number of nitrogens with one attached hydrogen (secondary N) is 1. The van der Waals surface area contributed by atoms with Crippen LogP contribution in [0.1, 0.15) is 35.6 Å². The van der Waals surface area contributed by atoms with E-state index in [0.29, 0.717) is 57.2 Å². The van der Waals surface area contributed by atoms with Crippen molar-refractivity contribution in [1.29, 1.82) is 5.26 Å². The van der Waals surface area contributed by atoms with Gasteiger partial charge in [-0.15, -0.1) is 0 Å². The number of aryl methyl sites for hydroxylation is 1. The fourth-order valence-electron chi connectivity index (χ4n) is 4.63. The van der Waals surface area contributed by atoms with Crippen LogP contribution in [0, 0.1) is 25.2 Å². The van der Waals surface area contributed by atoms with Crippen LogP contribution in [0.15, 0.2) is 35.4 Å². The summed E-state index contributed by atoms with van der Waals surface area (Å²) in [6, 6.07) is 7.19. The van der Waals surface area contributed by atoms with Gasteiger partial charge in [-0.1, -0.05) is 17.7 Å². The van der Waals surface area contributed by atoms with Gasteiger partial charge < -0.3 is 14.8 Å². The molecule has 5 rings (SSSR count). The summed E-state index contributed by atoms with van der Waals surface area (Å²) in [5.74, 6) is 0.140. The molecule has 0 spiro atoms. The van der Waals surface area contributed by atoms with Gasteiger partial charge >= 0.3 is 0 Å². The number of fused-ring (bicyclic) bond motifs is 1. The molecule has 0 radical (unpaired) electrons. The van der Waals surface area contributed by atoms with Gasteiger partial charge in [0.25, 0.3) is 5.56 Å². The van der Waals surface area contributed by atoms with Crippen LogP contribution < -0.4 is 5.56 Å². The van der Waals surface area contributed by atoms with Gasteiger partial charge in [0, 0.05) is 36.6 Å². The number of hydrogen-bond donors (Lipinski definition) is 2. The normalized spacial score (nSPS) is 14.4. The van der Waals surface area contributed by atoms with Crippen LogP contribution >= 0.6 is 11.6 Å². The number of nitrogens with zero attached hydrogens (tertiary/aromatic N) is 4. The third-order valence-corrected chi connectivity index (χ3v) is 6.82. The van der Waals surface area contributed by atoms with E-state index in [4.69, 9.17) is 16.3 Å². The summed E-state index contributed by atoms with van der Waals surface area (Å²) in [6.45, 7) is 4.93. The Bertz CT molecular complexity index is 1530. The number of nitriles is 1. The van der Waals surface area contributed by atoms with Crippen molar-refractivity contribution in [1.82, 2.24) is 19.7 Å². The van der Waals surface area contributed by atoms with E-state index in [1.807, 2.05) is 6.92 Å². The lowest BCUT2D eigenvalue weighted by molar-refractivity contribution is 0.0648. The summed E-state index contributed by atoms with van der Waals surface area (Å²) in [4.78, 5) is 20.5. The Morgan fingerprint density at radius 3 is 2.74 bits per heavy atom. The highest BCUT2D eigenvalue weighted by molar-refractivity contribution is 6.38. The predicted octanol–water partition coefficient (Wildman–Crippen LogP) is 4.65. The molecule has 0 saturated carbocycles. The zero-order valence-electron chi connectivity index (χ0n) is 18.7. The number of aromatic nitrogens is 4. The highest BCUT2D eigenvalue weighted by Crippen LogP contribution is 2.41. The molecule has 1 aliphatic rings. The first kappa shape index (κ1) is 22.1. The van der Waals surface area contributed by atoms with Crippen molar-refractivity contribution in [3.8, 4) is 34.2 Å². The standard InChI is InChI=1S/C25H22ClN5O3/c1-13-3-4-19(32)14(2)21(13)18-12-28-25-22(17(18)10-27)23(26)24(30-25)15-9-20(33)31(29-11-15)16-5-7-34-8-6-16/h3-4,9,11-12,16,32H,5-8H2,1-2H3,(H,28,30). The molecule has 34 heavy (non-hydrogen) atoms. The second-order valence-electron chi connectivity index (χ2n) is 8.47. The minimum atomic E-state index is -0.223. The topological polar surface area (TPSA) is 117 Å². The number of H-pyrrole nitrogens is 1. The maximum absolute atomic E-state index is 12.8. The number of ether oxygens (including phenoxy) is 1. The average molecular weight is 476 g/mol. The van der Waals surface area contributed by atoms with Crippen LogP contribution in [0.3, 0.4) is 0 Å². The zero-order chi connectivity index (χ0) is 24.0. The van der Waals surface area contributed by atoms with E-state index >= 15 is 0 Å². The van der Waals surface area contributed by atoms with Crippen molar-refractivity contribution in [2.75, 3.05) is 13.2 Å². The lowest BCUT2D eigenvalue weighted by Crippen LogP contribution is -2.30. The molecule has 1 saturated heterocycles. The predicted molar refractivity (Wildman–Crippen MR) is 129 cm³/mol. The third-order valence-electron chi connectivity index (χ3n) is 6.44. The lowest BCUT2D eigenvalue weighted by atomic mass is 9.92. The molecule has 1 aliphatic heterocycles. The Morgan fingerprint density at radius 1 is 1.26 bits per heavy atom. The molecular weight excluding hydrogens is 454 g/mol. The zero-order valence-corrected chi connectivity index (χ0v) is 19.5. The minimum absolute atomic E-state index is 0.0108. The van der Waals surface area contributed by atoms with Crippen molar-refractivity contribution in [3.63, 3.8) is 0 Å². The maximum Gasteiger partial charge on any atom is 0.267 e. The Morgan fingerprint density at radius 2 is 2.03 bits per heavy atom. The van der Waals surface area contributed by atoms with E-state index in [-0.39, 0.29) is 17.4 Å². The van der Waals surface area contributed by atoms with Gasteiger partial charge in [0.1, 0.15) is 17.5 Å². The molecule has 4 heterocycles. The van der Waals surface area contributed by atoms with Crippen LogP contribution in [0.4, 0.5) is 0 Å². The Hall–Kier alpha value is -3.67. The summed E-state index contributed by atoms with van der Waals surface area (Å²) in [6.07, 6.45) is 4.69. The van der Waals surface area contributed by atoms with Gasteiger partial charge in [0.2, 0.25) is 0 Å². The Balaban J connectivity index is 1.65. The Labute approximate surface area is 200 Å². The van der Waals surface area contributed by atoms with E-state index in [0.717, 1.165) is 24.0 Å². The fourth-order valence-corrected chi connectivity index (χ4v) is 4.97. The van der Waals surface area contributed by atoms with Crippen molar-refractivity contribution in [3.05, 3.63) is 62.7 Å². The van der Waals surface area contributed by atoms with Crippen LogP contribution in [-0.4, -0.2) is 38.1 Å². The number of hydrogen-bond acceptors (Lipinski definition) is 6. The highest BCUT2D eigenvalue weighted by atomic mass is 35.5. The molecule has 0 amide bonds. The van der Waals surface area contributed by atoms with Crippen molar-refractivity contribution < 1.29 is 9.84 Å². The van der Waals surface area contributed by atoms with Gasteiger partial charge in [-0.05, 0) is 49.4 Å². The first-order valence-corrected chi connectivity index (χ1v) is 11.3. The molecule has 0 bridgehead atoms. The van der Waals surface area contributed by atoms with Crippen LogP contribution in [-0.2, 0) is 4.74 Å². The average Bonchev–Trinajstić information content (AvgIpc) is 3.18. The molecule has 9 heteroatoms. The molecular formula is C25H22ClN5O3. The molecule has 172 valence electrons. The largest absolute Gasteiger partial charge is 0.508 e. The smallest absolute Gasteiger partial charge is 0.267 e. The molecule has 0 aliphatic carbocycles. The molecule has 8 nitrogen and oxygen atoms in total. The SMILES string of the molecule is Cc1ccc(O)c(C)c1-c1cnc2[nH]c(-c3cnn(C4CCOCC4)c(=O)c3)c(Cl)c2c1C#N. The second-order valence-corrected chi connectivity index (χ2v) is 8.85. The third kappa shape index (κ3) is 3.54. The van der Waals surface area contributed by atoms with Crippen LogP contribution in [0.5, 0.6) is 5.75 Å². The van der Waals surface area contributed by atoms with E-state index in [1.165, 1.54) is 10.7 Å². The number of pyridine rings is 1. The number of rotatable bonds is 3. The number of phenolic OH excluding ortho intramolecular Hbond substituents is 1. The Kier molecular flexibility index (Phi) is 5.60. The van der Waals surface area contributed by atoms with E-state index < -0.39 is 0 Å². The monoisotopic (exact) mass is 475 g/mol. The summed E-state index contributed by atoms with van der Waals surface area (Å²) in [5.41, 5.74) is 4.44. The molecule has 4 aromatic rings. The highest BCUT2D eigenvalue weighted by Gasteiger charge is 2.23. The molecule has 1 fully saturated rings. The van der Waals surface area contributed by atoms with Crippen molar-refractivity contribution in [2.45, 2.75) is 32.7 Å². The fraction of sp³-hybridized carbons (Fsp3) is 0.280. The summed E-state index contributed by atoms with van der Waals surface area (Å²) in [7, 11) is 0. The lowest BCUT2D eigenvalue weighted by Gasteiger charge is -2.22. The number of aromatic amines is 1. The summed E-state index contributed by atoms with van der Waals surface area (Å²) >= 11 is 6.76. The minimum Gasteiger partial charge on any atom is -0.508 e. The van der Waals surface area contributed by atoms with Crippen LogP contribution in [0.2, 0.25) is 5.02 Å². The quantitative estimate of drug-likeness (QED) is 0.445. The van der Waals surface area contributed by atoms with Crippen LogP contribution in [0.25, 0.3) is 33.4 Å². The van der Waals surface area contributed by atoms with Crippen molar-refractivity contribution >= 4 is 22.6 Å². The number of halogens is 1. The first-order valence-electron chi connectivity index (χ1n) is 11.0. The maximum atomic E-state index is 12.8. The molecule has 3 aromatic heterocycles. The summed E-state index contributed by atoms with van der Waals surface area (Å²) in [5, 5.41) is 25.4. The molecule has 0 atom stereocenters. The molecule has 0 unspecified atom stereocenters. The summed E-state index contributed by atoms with van der Waals surface area (Å²) < 4.78 is 6.87. The van der Waals surface area contributed by atoms with Gasteiger partial charge in [-0.2, -0.15) is 10.4 Å². The van der Waals surface area contributed by atoms with Gasteiger partial charge in [0.05, 0.1) is 33.9 Å². The molecule has 1 aromatic carbocycles. The second kappa shape index (κ2) is 8.60. The van der Waals surface area contributed by atoms with E-state index in [1.54, 1.807) is 31.5 Å². The number of benzene rings is 1. The van der Waals surface area contributed by atoms with Gasteiger partial charge in [-0.25, -0.2) is 9.67 Å². The van der Waals surface area contributed by atoms with Gasteiger partial charge in [-0.3, -0.25) is 4.79 Å². The van der Waals surface area contributed by atoms with Crippen molar-refractivity contribution in [2.24, 2.45) is 0 Å². The van der Waals surface area contributed by atoms with Gasteiger partial charge in [0.15, 0.2) is 0 Å². The molecule has 2 N–H and O–H groups in total. The number of phenols is 1. The van der Waals surface area contributed by atoms with E-state index in [2.05, 4.69) is 21.1 Å². The van der Waals surface area contributed by atoms with E-state index in [9.17, 15) is 15.2 Å². The first-order chi connectivity index (χ1) is 16.4.